The van der Waals surface area contributed by atoms with Gasteiger partial charge in [0.1, 0.15) is 11.3 Å². The Morgan fingerprint density at radius 2 is 1.79 bits per heavy atom. The molecule has 3 nitrogen and oxygen atoms in total. The van der Waals surface area contributed by atoms with Crippen LogP contribution in [0.5, 0.6) is 0 Å². The van der Waals surface area contributed by atoms with Gasteiger partial charge in [-0.05, 0) is 24.6 Å². The number of anilines is 1. The second kappa shape index (κ2) is 7.82. The lowest BCUT2D eigenvalue weighted by atomic mass is 10.1. The van der Waals surface area contributed by atoms with Crippen molar-refractivity contribution < 1.29 is 4.42 Å². The van der Waals surface area contributed by atoms with E-state index in [1.54, 1.807) is 6.07 Å². The predicted octanol–water partition coefficient (Wildman–Crippen LogP) is 5.45. The summed E-state index contributed by atoms with van der Waals surface area (Å²) in [4.78, 5) is 12.5. The van der Waals surface area contributed by atoms with Crippen LogP contribution >= 0.6 is 0 Å². The van der Waals surface area contributed by atoms with Crippen LogP contribution in [0.4, 0.5) is 5.69 Å². The van der Waals surface area contributed by atoms with E-state index in [1.807, 2.05) is 48.5 Å². The van der Waals surface area contributed by atoms with Gasteiger partial charge < -0.3 is 9.73 Å². The van der Waals surface area contributed by atoms with Crippen LogP contribution < -0.4 is 10.7 Å². The Hall–Kier alpha value is -2.55. The number of fused-ring (bicyclic) bond motifs is 1. The fourth-order valence-electron chi connectivity index (χ4n) is 2.80. The van der Waals surface area contributed by atoms with E-state index in [9.17, 15) is 4.79 Å². The van der Waals surface area contributed by atoms with Gasteiger partial charge in [0.15, 0.2) is 5.43 Å². The molecular formula is C21H23NO2. The van der Waals surface area contributed by atoms with Crippen molar-refractivity contribution >= 4 is 16.7 Å². The Morgan fingerprint density at radius 1 is 0.958 bits per heavy atom. The first-order valence-electron chi connectivity index (χ1n) is 8.65. The summed E-state index contributed by atoms with van der Waals surface area (Å²) in [7, 11) is 0. The number of rotatable bonds is 7. The summed E-state index contributed by atoms with van der Waals surface area (Å²) < 4.78 is 5.91. The Balaban J connectivity index is 1.81. The first-order valence-corrected chi connectivity index (χ1v) is 8.65. The maximum absolute atomic E-state index is 12.5. The normalized spacial score (nSPS) is 10.9. The smallest absolute Gasteiger partial charge is 0.193 e. The second-order valence-electron chi connectivity index (χ2n) is 6.04. The van der Waals surface area contributed by atoms with Gasteiger partial charge in [-0.25, -0.2) is 0 Å². The van der Waals surface area contributed by atoms with Gasteiger partial charge in [-0.15, -0.1) is 0 Å². The molecule has 0 atom stereocenters. The standard InChI is InChI=1S/C21H23NO2/c1-2-3-4-8-13-22-17-11-12-20-18(14-17)19(23)15-21(24-20)16-9-6-5-7-10-16/h5-7,9-12,14-15,22H,2-4,8,13H2,1H3. The van der Waals surface area contributed by atoms with Crippen molar-refractivity contribution in [1.82, 2.24) is 0 Å². The topological polar surface area (TPSA) is 42.2 Å². The van der Waals surface area contributed by atoms with Crippen molar-refractivity contribution in [2.45, 2.75) is 32.6 Å². The van der Waals surface area contributed by atoms with E-state index in [1.165, 1.54) is 19.3 Å². The van der Waals surface area contributed by atoms with Gasteiger partial charge in [-0.3, -0.25) is 4.79 Å². The maximum atomic E-state index is 12.5. The number of hydrogen-bond donors (Lipinski definition) is 1. The minimum absolute atomic E-state index is 0.00950. The van der Waals surface area contributed by atoms with Crippen molar-refractivity contribution in [2.75, 3.05) is 11.9 Å². The van der Waals surface area contributed by atoms with Crippen LogP contribution in [0.3, 0.4) is 0 Å². The summed E-state index contributed by atoms with van der Waals surface area (Å²) in [5.74, 6) is 0.605. The van der Waals surface area contributed by atoms with Gasteiger partial charge in [-0.2, -0.15) is 0 Å². The lowest BCUT2D eigenvalue weighted by Crippen LogP contribution is -2.04. The molecule has 0 spiro atoms. The van der Waals surface area contributed by atoms with E-state index in [0.29, 0.717) is 16.7 Å². The Morgan fingerprint density at radius 3 is 2.58 bits per heavy atom. The second-order valence-corrected chi connectivity index (χ2v) is 6.04. The summed E-state index contributed by atoms with van der Waals surface area (Å²) in [6.07, 6.45) is 4.89. The van der Waals surface area contributed by atoms with Crippen LogP contribution in [0.25, 0.3) is 22.3 Å². The monoisotopic (exact) mass is 321 g/mol. The quantitative estimate of drug-likeness (QED) is 0.588. The number of hydrogen-bond acceptors (Lipinski definition) is 3. The van der Waals surface area contributed by atoms with E-state index < -0.39 is 0 Å². The largest absolute Gasteiger partial charge is 0.456 e. The zero-order valence-corrected chi connectivity index (χ0v) is 14.0. The van der Waals surface area contributed by atoms with Gasteiger partial charge in [0.2, 0.25) is 0 Å². The van der Waals surface area contributed by atoms with Crippen molar-refractivity contribution in [3.8, 4) is 11.3 Å². The fourth-order valence-corrected chi connectivity index (χ4v) is 2.80. The molecule has 0 saturated carbocycles. The molecule has 0 saturated heterocycles. The summed E-state index contributed by atoms with van der Waals surface area (Å²) in [5, 5.41) is 4.01. The molecule has 2 aromatic carbocycles. The molecule has 1 aromatic heterocycles. The summed E-state index contributed by atoms with van der Waals surface area (Å²) >= 11 is 0. The first kappa shape index (κ1) is 16.3. The van der Waals surface area contributed by atoms with Gasteiger partial charge in [0.05, 0.1) is 5.39 Å². The highest BCUT2D eigenvalue weighted by Crippen LogP contribution is 2.23. The molecule has 0 aliphatic carbocycles. The SMILES string of the molecule is CCCCCCNc1ccc2oc(-c3ccccc3)cc(=O)c2c1. The maximum Gasteiger partial charge on any atom is 0.193 e. The van der Waals surface area contributed by atoms with Crippen LogP contribution in [0, 0.1) is 0 Å². The molecular weight excluding hydrogens is 298 g/mol. The lowest BCUT2D eigenvalue weighted by Gasteiger charge is -2.08. The van der Waals surface area contributed by atoms with Crippen LogP contribution in [0.2, 0.25) is 0 Å². The minimum atomic E-state index is -0.00950. The molecule has 24 heavy (non-hydrogen) atoms. The van der Waals surface area contributed by atoms with E-state index in [-0.39, 0.29) is 5.43 Å². The average molecular weight is 321 g/mol. The first-order chi connectivity index (χ1) is 11.8. The number of nitrogens with one attached hydrogen (secondary N) is 1. The molecule has 0 bridgehead atoms. The number of unbranched alkanes of at least 4 members (excludes halogenated alkanes) is 3. The number of benzene rings is 2. The molecule has 1 heterocycles. The molecule has 0 radical (unpaired) electrons. The molecule has 1 N–H and O–H groups in total. The summed E-state index contributed by atoms with van der Waals surface area (Å²) in [6, 6.07) is 17.0. The third-order valence-corrected chi connectivity index (χ3v) is 4.14. The van der Waals surface area contributed by atoms with Crippen LogP contribution in [0.15, 0.2) is 63.8 Å². The fraction of sp³-hybridized carbons (Fsp3) is 0.286. The van der Waals surface area contributed by atoms with Gasteiger partial charge in [0.25, 0.3) is 0 Å². The molecule has 0 amide bonds. The van der Waals surface area contributed by atoms with Gasteiger partial charge in [-0.1, -0.05) is 56.5 Å². The van der Waals surface area contributed by atoms with Crippen LogP contribution in [0.1, 0.15) is 32.6 Å². The van der Waals surface area contributed by atoms with E-state index >= 15 is 0 Å². The van der Waals surface area contributed by atoms with Crippen molar-refractivity contribution in [3.05, 3.63) is 64.8 Å². The van der Waals surface area contributed by atoms with Crippen molar-refractivity contribution in [2.24, 2.45) is 0 Å². The van der Waals surface area contributed by atoms with Gasteiger partial charge >= 0.3 is 0 Å². The molecule has 3 heteroatoms. The highest BCUT2D eigenvalue weighted by Gasteiger charge is 2.07. The third-order valence-electron chi connectivity index (χ3n) is 4.14. The van der Waals surface area contributed by atoms with E-state index in [0.717, 1.165) is 24.2 Å². The van der Waals surface area contributed by atoms with E-state index in [4.69, 9.17) is 4.42 Å². The Bertz CT molecular complexity index is 853. The highest BCUT2D eigenvalue weighted by atomic mass is 16.3. The van der Waals surface area contributed by atoms with Crippen LogP contribution in [-0.2, 0) is 0 Å². The summed E-state index contributed by atoms with van der Waals surface area (Å²) in [6.45, 7) is 3.14. The Kier molecular flexibility index (Phi) is 5.32. The lowest BCUT2D eigenvalue weighted by molar-refractivity contribution is 0.619. The molecule has 0 aliphatic rings. The minimum Gasteiger partial charge on any atom is -0.456 e. The zero-order chi connectivity index (χ0) is 16.8. The Labute approximate surface area is 142 Å². The van der Waals surface area contributed by atoms with Gasteiger partial charge in [0, 0.05) is 23.9 Å². The highest BCUT2D eigenvalue weighted by molar-refractivity contribution is 5.82. The predicted molar refractivity (Wildman–Crippen MR) is 101 cm³/mol. The molecule has 0 unspecified atom stereocenters. The molecule has 0 fully saturated rings. The molecule has 3 rings (SSSR count). The van der Waals surface area contributed by atoms with Crippen molar-refractivity contribution in [3.63, 3.8) is 0 Å². The molecule has 0 aliphatic heterocycles. The zero-order valence-electron chi connectivity index (χ0n) is 14.0. The molecule has 124 valence electrons. The molecule has 3 aromatic rings. The summed E-state index contributed by atoms with van der Waals surface area (Å²) in [5.41, 5.74) is 2.50. The van der Waals surface area contributed by atoms with Crippen molar-refractivity contribution in [1.29, 1.82) is 0 Å². The average Bonchev–Trinajstić information content (AvgIpc) is 2.62. The van der Waals surface area contributed by atoms with E-state index in [2.05, 4.69) is 12.2 Å². The third kappa shape index (κ3) is 3.85. The van der Waals surface area contributed by atoms with Crippen LogP contribution in [-0.4, -0.2) is 6.54 Å².